The van der Waals surface area contributed by atoms with Gasteiger partial charge in [0.2, 0.25) is 5.91 Å². The molecule has 102 valence electrons. The van der Waals surface area contributed by atoms with Gasteiger partial charge in [0.15, 0.2) is 0 Å². The molecule has 0 aromatic heterocycles. The van der Waals surface area contributed by atoms with Gasteiger partial charge in [-0.05, 0) is 44.7 Å². The van der Waals surface area contributed by atoms with E-state index >= 15 is 0 Å². The van der Waals surface area contributed by atoms with Crippen molar-refractivity contribution in [3.05, 3.63) is 35.4 Å². The van der Waals surface area contributed by atoms with Crippen LogP contribution in [0.3, 0.4) is 0 Å². The number of nitrogens with zero attached hydrogens (tertiary/aromatic N) is 1. The summed E-state index contributed by atoms with van der Waals surface area (Å²) in [5.74, 6) is -0.832. The van der Waals surface area contributed by atoms with Crippen LogP contribution in [0, 0.1) is 17.2 Å². The van der Waals surface area contributed by atoms with Crippen molar-refractivity contribution >= 4 is 5.91 Å². The van der Waals surface area contributed by atoms with Gasteiger partial charge in [0.05, 0.1) is 6.07 Å². The monoisotopic (exact) mass is 258 g/mol. The molecule has 0 saturated carbocycles. The first kappa shape index (κ1) is 15.2. The Morgan fingerprint density at radius 3 is 2.21 bits per heavy atom. The third-order valence-corrected chi connectivity index (χ3v) is 2.84. The van der Waals surface area contributed by atoms with Crippen molar-refractivity contribution in [2.24, 2.45) is 5.92 Å². The van der Waals surface area contributed by atoms with Crippen molar-refractivity contribution in [3.63, 3.8) is 0 Å². The lowest BCUT2D eigenvalue weighted by Gasteiger charge is -2.22. The highest BCUT2D eigenvalue weighted by molar-refractivity contribution is 5.82. The van der Waals surface area contributed by atoms with E-state index in [0.717, 1.165) is 12.0 Å². The Hall–Kier alpha value is -1.82. The zero-order valence-electron chi connectivity index (χ0n) is 12.2. The fourth-order valence-electron chi connectivity index (χ4n) is 1.80. The third-order valence-electron chi connectivity index (χ3n) is 2.84. The molecular formula is C16H22N2O. The summed E-state index contributed by atoms with van der Waals surface area (Å²) >= 11 is 0. The van der Waals surface area contributed by atoms with E-state index < -0.39 is 5.92 Å². The maximum absolute atomic E-state index is 12.0. The summed E-state index contributed by atoms with van der Waals surface area (Å²) in [6, 6.07) is 10.2. The minimum Gasteiger partial charge on any atom is -0.350 e. The molecule has 0 heterocycles. The second-order valence-corrected chi connectivity index (χ2v) is 5.80. The maximum atomic E-state index is 12.0. The summed E-state index contributed by atoms with van der Waals surface area (Å²) in [5.41, 5.74) is 1.97. The number of amides is 1. The number of nitriles is 1. The zero-order valence-corrected chi connectivity index (χ0v) is 12.2. The largest absolute Gasteiger partial charge is 0.350 e. The predicted molar refractivity (Wildman–Crippen MR) is 76.5 cm³/mol. The highest BCUT2D eigenvalue weighted by Crippen LogP contribution is 2.12. The second-order valence-electron chi connectivity index (χ2n) is 5.80. The number of rotatable bonds is 4. The van der Waals surface area contributed by atoms with Crippen molar-refractivity contribution in [1.82, 2.24) is 5.32 Å². The van der Waals surface area contributed by atoms with E-state index in [4.69, 9.17) is 5.26 Å². The van der Waals surface area contributed by atoms with Gasteiger partial charge in [-0.25, -0.2) is 0 Å². The molecule has 0 bridgehead atoms. The van der Waals surface area contributed by atoms with E-state index in [1.54, 1.807) is 0 Å². The molecule has 0 radical (unpaired) electrons. The first-order valence-electron chi connectivity index (χ1n) is 6.65. The van der Waals surface area contributed by atoms with E-state index in [2.05, 4.69) is 18.3 Å². The van der Waals surface area contributed by atoms with Gasteiger partial charge in [-0.3, -0.25) is 4.79 Å². The molecule has 19 heavy (non-hydrogen) atoms. The molecule has 1 aromatic rings. The predicted octanol–water partition coefficient (Wildman–Crippen LogP) is 2.85. The van der Waals surface area contributed by atoms with Gasteiger partial charge in [0.1, 0.15) is 5.92 Å². The van der Waals surface area contributed by atoms with Gasteiger partial charge in [0, 0.05) is 5.54 Å². The van der Waals surface area contributed by atoms with Crippen molar-refractivity contribution in [1.29, 1.82) is 5.26 Å². The van der Waals surface area contributed by atoms with Gasteiger partial charge in [0.25, 0.3) is 0 Å². The molecule has 1 unspecified atom stereocenters. The Kier molecular flexibility index (Phi) is 5.11. The Labute approximate surface area is 115 Å². The number of hydrogen-bond donors (Lipinski definition) is 1. The van der Waals surface area contributed by atoms with Crippen LogP contribution in [0.2, 0.25) is 0 Å². The average molecular weight is 258 g/mol. The summed E-state index contributed by atoms with van der Waals surface area (Å²) in [6.45, 7) is 7.84. The number of hydrogen-bond acceptors (Lipinski definition) is 2. The smallest absolute Gasteiger partial charge is 0.238 e. The Morgan fingerprint density at radius 1 is 1.26 bits per heavy atom. The zero-order chi connectivity index (χ0) is 14.5. The van der Waals surface area contributed by atoms with E-state index in [9.17, 15) is 4.79 Å². The van der Waals surface area contributed by atoms with Crippen LogP contribution in [0.4, 0.5) is 0 Å². The van der Waals surface area contributed by atoms with E-state index in [0.29, 0.717) is 6.42 Å². The molecule has 1 amide bonds. The van der Waals surface area contributed by atoms with Crippen molar-refractivity contribution in [2.75, 3.05) is 0 Å². The van der Waals surface area contributed by atoms with E-state index in [1.807, 2.05) is 45.0 Å². The van der Waals surface area contributed by atoms with Gasteiger partial charge in [-0.15, -0.1) is 0 Å². The van der Waals surface area contributed by atoms with Gasteiger partial charge in [-0.1, -0.05) is 31.2 Å². The fraction of sp³-hybridized carbons (Fsp3) is 0.500. The molecule has 3 heteroatoms. The molecule has 0 aliphatic heterocycles. The molecular weight excluding hydrogens is 236 g/mol. The normalized spacial score (nSPS) is 12.6. The van der Waals surface area contributed by atoms with Crippen LogP contribution in [-0.2, 0) is 17.6 Å². The highest BCUT2D eigenvalue weighted by atomic mass is 16.2. The summed E-state index contributed by atoms with van der Waals surface area (Å²) in [7, 11) is 0. The van der Waals surface area contributed by atoms with Crippen LogP contribution in [0.25, 0.3) is 0 Å². The average Bonchev–Trinajstić information content (AvgIpc) is 2.34. The molecule has 1 N–H and O–H groups in total. The molecule has 3 nitrogen and oxygen atoms in total. The van der Waals surface area contributed by atoms with Gasteiger partial charge < -0.3 is 5.32 Å². The topological polar surface area (TPSA) is 52.9 Å². The first-order valence-corrected chi connectivity index (χ1v) is 6.65. The summed E-state index contributed by atoms with van der Waals surface area (Å²) in [5, 5.41) is 12.0. The van der Waals surface area contributed by atoms with E-state index in [-0.39, 0.29) is 11.4 Å². The molecule has 0 spiro atoms. The van der Waals surface area contributed by atoms with Crippen LogP contribution in [0.1, 0.15) is 38.8 Å². The Morgan fingerprint density at radius 2 is 1.79 bits per heavy atom. The number of nitrogens with one attached hydrogen (secondary N) is 1. The fourth-order valence-corrected chi connectivity index (χ4v) is 1.80. The molecule has 0 fully saturated rings. The molecule has 0 aliphatic rings. The van der Waals surface area contributed by atoms with Crippen LogP contribution in [-0.4, -0.2) is 11.4 Å². The van der Waals surface area contributed by atoms with Crippen molar-refractivity contribution in [2.45, 2.75) is 46.1 Å². The van der Waals surface area contributed by atoms with Gasteiger partial charge in [-0.2, -0.15) is 5.26 Å². The minimum absolute atomic E-state index is 0.199. The number of aryl methyl sites for hydroxylation is 1. The first-order chi connectivity index (χ1) is 8.85. The number of carbonyl (C=O) groups is 1. The van der Waals surface area contributed by atoms with Crippen LogP contribution < -0.4 is 5.32 Å². The molecule has 0 saturated heterocycles. The summed E-state index contributed by atoms with van der Waals surface area (Å²) < 4.78 is 0. The number of carbonyl (C=O) groups excluding carboxylic acids is 1. The maximum Gasteiger partial charge on any atom is 0.238 e. The van der Waals surface area contributed by atoms with Crippen molar-refractivity contribution < 1.29 is 4.79 Å². The quantitative estimate of drug-likeness (QED) is 0.902. The lowest BCUT2D eigenvalue weighted by atomic mass is 9.97. The second kappa shape index (κ2) is 6.38. The molecule has 1 aromatic carbocycles. The van der Waals surface area contributed by atoms with Crippen LogP contribution in [0.5, 0.6) is 0 Å². The van der Waals surface area contributed by atoms with Gasteiger partial charge >= 0.3 is 0 Å². The Bertz CT molecular complexity index is 463. The lowest BCUT2D eigenvalue weighted by molar-refractivity contribution is -0.124. The molecule has 1 rings (SSSR count). The molecule has 0 aliphatic carbocycles. The Balaban J connectivity index is 2.71. The third kappa shape index (κ3) is 5.13. The SMILES string of the molecule is CCc1ccc(CC(C#N)C(=O)NC(C)(C)C)cc1. The highest BCUT2D eigenvalue weighted by Gasteiger charge is 2.22. The van der Waals surface area contributed by atoms with Crippen LogP contribution in [0.15, 0.2) is 24.3 Å². The van der Waals surface area contributed by atoms with E-state index in [1.165, 1.54) is 5.56 Å². The van der Waals surface area contributed by atoms with Crippen LogP contribution >= 0.6 is 0 Å². The summed E-state index contributed by atoms with van der Waals surface area (Å²) in [6.07, 6.45) is 1.45. The molecule has 1 atom stereocenters. The summed E-state index contributed by atoms with van der Waals surface area (Å²) in [4.78, 5) is 12.0. The standard InChI is InChI=1S/C16H22N2O/c1-5-12-6-8-13(9-7-12)10-14(11-17)15(19)18-16(2,3)4/h6-9,14H,5,10H2,1-4H3,(H,18,19). The van der Waals surface area contributed by atoms with Crippen molar-refractivity contribution in [3.8, 4) is 6.07 Å². The minimum atomic E-state index is -0.633. The lowest BCUT2D eigenvalue weighted by Crippen LogP contribution is -2.44. The number of benzene rings is 1.